The molecule has 2 aliphatic heterocycles. The van der Waals surface area contributed by atoms with Crippen LogP contribution in [-0.2, 0) is 4.74 Å². The maximum absolute atomic E-state index is 5.81. The summed E-state index contributed by atoms with van der Waals surface area (Å²) in [7, 11) is 0. The van der Waals surface area contributed by atoms with Gasteiger partial charge in [0.25, 0.3) is 0 Å². The van der Waals surface area contributed by atoms with Gasteiger partial charge in [-0.05, 0) is 19.8 Å². The van der Waals surface area contributed by atoms with Gasteiger partial charge in [-0.3, -0.25) is 4.57 Å². The number of nitrogens with one attached hydrogen (secondary N) is 1. The molecule has 0 aliphatic carbocycles. The summed E-state index contributed by atoms with van der Waals surface area (Å²) in [6.07, 6.45) is 5.90. The van der Waals surface area contributed by atoms with E-state index in [0.29, 0.717) is 6.10 Å². The van der Waals surface area contributed by atoms with E-state index in [4.69, 9.17) is 4.74 Å². The molecule has 0 spiro atoms. The molecule has 1 fully saturated rings. The lowest BCUT2D eigenvalue weighted by Gasteiger charge is -2.16. The predicted octanol–water partition coefficient (Wildman–Crippen LogP) is 1.81. The Bertz CT molecular complexity index is 463. The second-order valence-electron chi connectivity index (χ2n) is 4.18. The van der Waals surface area contributed by atoms with Gasteiger partial charge in [-0.15, -0.1) is 0 Å². The van der Waals surface area contributed by atoms with Gasteiger partial charge in [0.2, 0.25) is 0 Å². The van der Waals surface area contributed by atoms with E-state index < -0.39 is 0 Å². The fourth-order valence-corrected chi connectivity index (χ4v) is 2.13. The first-order valence-electron chi connectivity index (χ1n) is 5.46. The first kappa shape index (κ1) is 9.59. The average Bonchev–Trinajstić information content (AvgIpc) is 2.84. The molecule has 1 aromatic rings. The fraction of sp³-hybridized carbons (Fsp3) is 0.455. The third-order valence-electron chi connectivity index (χ3n) is 3.00. The normalized spacial score (nSPS) is 27.9. The maximum atomic E-state index is 5.81. The topological polar surface area (TPSA) is 51.4 Å². The summed E-state index contributed by atoms with van der Waals surface area (Å²) in [5, 5.41) is 2.95. The lowest BCUT2D eigenvalue weighted by Crippen LogP contribution is -2.14. The number of nitrogens with zero attached hydrogens (tertiary/aromatic N) is 3. The molecule has 16 heavy (non-hydrogen) atoms. The molecule has 2 atom stereocenters. The monoisotopic (exact) mass is 218 g/mol. The maximum Gasteiger partial charge on any atom is 0.165 e. The lowest BCUT2D eigenvalue weighted by molar-refractivity contribution is 0.0120. The molecule has 0 bridgehead atoms. The van der Waals surface area contributed by atoms with E-state index in [1.807, 2.05) is 4.57 Å². The summed E-state index contributed by atoms with van der Waals surface area (Å²) >= 11 is 0. The van der Waals surface area contributed by atoms with Gasteiger partial charge in [0.15, 0.2) is 5.82 Å². The fourth-order valence-electron chi connectivity index (χ4n) is 2.13. The van der Waals surface area contributed by atoms with E-state index in [-0.39, 0.29) is 6.23 Å². The molecule has 5 heteroatoms. The second-order valence-corrected chi connectivity index (χ2v) is 4.18. The van der Waals surface area contributed by atoms with E-state index in [1.54, 1.807) is 12.7 Å². The van der Waals surface area contributed by atoms with Crippen molar-refractivity contribution in [3.63, 3.8) is 0 Å². The highest BCUT2D eigenvalue weighted by Crippen LogP contribution is 2.34. The van der Waals surface area contributed by atoms with Crippen molar-refractivity contribution in [3.8, 4) is 0 Å². The molecule has 0 radical (unpaired) electrons. The molecular formula is C11H14N4O. The van der Waals surface area contributed by atoms with Crippen LogP contribution in [0.2, 0.25) is 0 Å². The van der Waals surface area contributed by atoms with Gasteiger partial charge in [-0.25, -0.2) is 9.98 Å². The lowest BCUT2D eigenvalue weighted by atomic mass is 10.2. The molecular weight excluding hydrogens is 204 g/mol. The molecule has 0 saturated carbocycles. The van der Waals surface area contributed by atoms with Crippen LogP contribution in [0.3, 0.4) is 0 Å². The molecule has 3 rings (SSSR count). The third kappa shape index (κ3) is 1.36. The second kappa shape index (κ2) is 3.45. The Morgan fingerprint density at radius 2 is 2.44 bits per heavy atom. The quantitative estimate of drug-likeness (QED) is 0.782. The Hall–Kier alpha value is -1.62. The summed E-state index contributed by atoms with van der Waals surface area (Å²) in [6, 6.07) is 0. The smallest absolute Gasteiger partial charge is 0.165 e. The average molecular weight is 218 g/mol. The Morgan fingerprint density at radius 3 is 3.19 bits per heavy atom. The van der Waals surface area contributed by atoms with Crippen LogP contribution in [-0.4, -0.2) is 22.0 Å². The zero-order valence-electron chi connectivity index (χ0n) is 9.18. The molecule has 3 heterocycles. The van der Waals surface area contributed by atoms with Crippen molar-refractivity contribution in [2.75, 3.05) is 0 Å². The Balaban J connectivity index is 1.98. The van der Waals surface area contributed by atoms with Crippen molar-refractivity contribution in [2.45, 2.75) is 32.1 Å². The van der Waals surface area contributed by atoms with Gasteiger partial charge in [0, 0.05) is 0 Å². The molecule has 1 N–H and O–H groups in total. The number of ether oxygens (including phenoxy) is 1. The van der Waals surface area contributed by atoms with Crippen molar-refractivity contribution in [2.24, 2.45) is 4.99 Å². The van der Waals surface area contributed by atoms with Crippen LogP contribution in [0.5, 0.6) is 0 Å². The zero-order valence-corrected chi connectivity index (χ0v) is 9.18. The van der Waals surface area contributed by atoms with Crippen LogP contribution >= 0.6 is 0 Å². The summed E-state index contributed by atoms with van der Waals surface area (Å²) in [4.78, 5) is 8.61. The highest BCUT2D eigenvalue weighted by molar-refractivity contribution is 5.83. The van der Waals surface area contributed by atoms with Gasteiger partial charge in [-0.1, -0.05) is 6.58 Å². The number of rotatable bonds is 1. The number of hydrogen-bond acceptors (Lipinski definition) is 4. The number of imidazole rings is 1. The van der Waals surface area contributed by atoms with E-state index in [9.17, 15) is 0 Å². The molecule has 2 unspecified atom stereocenters. The third-order valence-corrected chi connectivity index (χ3v) is 3.00. The molecule has 1 saturated heterocycles. The number of aromatic nitrogens is 2. The molecule has 5 nitrogen and oxygen atoms in total. The van der Waals surface area contributed by atoms with Crippen molar-refractivity contribution >= 4 is 17.9 Å². The SMILES string of the molecule is C=C1NC=Nc2c1ncn2C1CCC(C)O1. The van der Waals surface area contributed by atoms with Gasteiger partial charge in [0.1, 0.15) is 11.9 Å². The summed E-state index contributed by atoms with van der Waals surface area (Å²) in [5.74, 6) is 0.836. The number of aliphatic imine (C=N–C) groups is 1. The van der Waals surface area contributed by atoms with E-state index in [0.717, 1.165) is 30.1 Å². The molecule has 2 aliphatic rings. The van der Waals surface area contributed by atoms with Crippen molar-refractivity contribution in [1.82, 2.24) is 14.9 Å². The highest BCUT2D eigenvalue weighted by atomic mass is 16.5. The minimum absolute atomic E-state index is 0.0642. The first-order chi connectivity index (χ1) is 7.75. The first-order valence-corrected chi connectivity index (χ1v) is 5.46. The standard InChI is InChI=1S/C11H14N4O/c1-7-3-4-9(16-7)15-6-14-10-8(2)12-5-13-11(10)15/h5-7,9H,2-4H2,1H3,(H,12,13). The molecule has 1 aromatic heterocycles. The Labute approximate surface area is 93.8 Å². The summed E-state index contributed by atoms with van der Waals surface area (Å²) in [6.45, 7) is 5.98. The van der Waals surface area contributed by atoms with Gasteiger partial charge >= 0.3 is 0 Å². The summed E-state index contributed by atoms with van der Waals surface area (Å²) < 4.78 is 7.79. The van der Waals surface area contributed by atoms with Crippen LogP contribution < -0.4 is 5.32 Å². The van der Waals surface area contributed by atoms with E-state index >= 15 is 0 Å². The van der Waals surface area contributed by atoms with Crippen LogP contribution in [0.25, 0.3) is 5.70 Å². The van der Waals surface area contributed by atoms with E-state index in [2.05, 4.69) is 28.8 Å². The minimum atomic E-state index is 0.0642. The molecule has 84 valence electrons. The highest BCUT2D eigenvalue weighted by Gasteiger charge is 2.27. The van der Waals surface area contributed by atoms with Gasteiger partial charge in [0.05, 0.1) is 24.5 Å². The van der Waals surface area contributed by atoms with Crippen LogP contribution in [0.1, 0.15) is 31.7 Å². The van der Waals surface area contributed by atoms with Crippen molar-refractivity contribution in [3.05, 3.63) is 18.6 Å². The Kier molecular flexibility index (Phi) is 2.07. The largest absolute Gasteiger partial charge is 0.355 e. The Morgan fingerprint density at radius 1 is 1.56 bits per heavy atom. The van der Waals surface area contributed by atoms with Crippen molar-refractivity contribution in [1.29, 1.82) is 0 Å². The number of hydrogen-bond donors (Lipinski definition) is 1. The molecule has 0 amide bonds. The van der Waals surface area contributed by atoms with Gasteiger partial charge < -0.3 is 10.1 Å². The number of fused-ring (bicyclic) bond motifs is 1. The molecule has 0 aromatic carbocycles. The van der Waals surface area contributed by atoms with Crippen LogP contribution in [0.15, 0.2) is 17.9 Å². The van der Waals surface area contributed by atoms with Crippen LogP contribution in [0.4, 0.5) is 5.82 Å². The predicted molar refractivity (Wildman–Crippen MR) is 61.4 cm³/mol. The van der Waals surface area contributed by atoms with Gasteiger partial charge in [-0.2, -0.15) is 0 Å². The van der Waals surface area contributed by atoms with Crippen LogP contribution in [0, 0.1) is 0 Å². The van der Waals surface area contributed by atoms with E-state index in [1.165, 1.54) is 0 Å². The summed E-state index contributed by atoms with van der Waals surface area (Å²) in [5.41, 5.74) is 1.60. The minimum Gasteiger partial charge on any atom is -0.355 e. The zero-order chi connectivity index (χ0) is 11.1. The van der Waals surface area contributed by atoms with Crippen molar-refractivity contribution < 1.29 is 4.74 Å².